The summed E-state index contributed by atoms with van der Waals surface area (Å²) in [5.74, 6) is -1.52. The number of likely N-dealkylation sites (N-methyl/N-ethyl adjacent to an activating group) is 1. The van der Waals surface area contributed by atoms with Crippen molar-refractivity contribution in [2.75, 3.05) is 27.2 Å². The SMILES string of the molecule is Cc1c(/C(O)=C2\C(=O)C(=O)N(CCN(C)C)[C@@H]2c2cccc(Br)c2)cnn1-c1ccccc1. The minimum absolute atomic E-state index is 0.0765. The summed E-state index contributed by atoms with van der Waals surface area (Å²) in [4.78, 5) is 29.7. The first-order valence-corrected chi connectivity index (χ1v) is 11.4. The van der Waals surface area contributed by atoms with Gasteiger partial charge >= 0.3 is 0 Å². The monoisotopic (exact) mass is 508 g/mol. The molecule has 0 unspecified atom stereocenters. The number of carbonyl (C=O) groups excluding carboxylic acids is 2. The fraction of sp³-hybridized carbons (Fsp3) is 0.240. The number of aromatic nitrogens is 2. The summed E-state index contributed by atoms with van der Waals surface area (Å²) in [7, 11) is 3.82. The van der Waals surface area contributed by atoms with Crippen molar-refractivity contribution in [3.8, 4) is 5.69 Å². The van der Waals surface area contributed by atoms with Crippen LogP contribution < -0.4 is 0 Å². The van der Waals surface area contributed by atoms with E-state index in [1.54, 1.807) is 4.68 Å². The lowest BCUT2D eigenvalue weighted by atomic mass is 9.95. The van der Waals surface area contributed by atoms with Crippen LogP contribution in [0.4, 0.5) is 0 Å². The van der Waals surface area contributed by atoms with Crippen LogP contribution in [0.15, 0.2) is 70.8 Å². The number of benzene rings is 2. The van der Waals surface area contributed by atoms with Gasteiger partial charge in [0.25, 0.3) is 11.7 Å². The van der Waals surface area contributed by atoms with E-state index in [4.69, 9.17) is 0 Å². The molecule has 1 N–H and O–H groups in total. The topological polar surface area (TPSA) is 78.7 Å². The van der Waals surface area contributed by atoms with E-state index >= 15 is 0 Å². The Morgan fingerprint density at radius 1 is 1.12 bits per heavy atom. The number of ketones is 1. The maximum absolute atomic E-state index is 13.2. The molecule has 0 spiro atoms. The minimum Gasteiger partial charge on any atom is -0.507 e. The molecule has 2 heterocycles. The largest absolute Gasteiger partial charge is 0.507 e. The van der Waals surface area contributed by atoms with E-state index in [0.717, 1.165) is 15.7 Å². The number of Topliss-reactive ketones (excluding diaryl/α,β-unsaturated/α-hetero) is 1. The molecular weight excluding hydrogens is 484 g/mol. The predicted molar refractivity (Wildman–Crippen MR) is 130 cm³/mol. The van der Waals surface area contributed by atoms with Crippen LogP contribution in [0, 0.1) is 6.92 Å². The Balaban J connectivity index is 1.85. The Kier molecular flexibility index (Phi) is 6.49. The second-order valence-corrected chi connectivity index (χ2v) is 9.16. The molecule has 1 aliphatic heterocycles. The lowest BCUT2D eigenvalue weighted by Crippen LogP contribution is -2.35. The number of aliphatic hydroxyl groups excluding tert-OH is 1. The number of carbonyl (C=O) groups is 2. The van der Waals surface area contributed by atoms with E-state index in [0.29, 0.717) is 24.3 Å². The van der Waals surface area contributed by atoms with Crippen LogP contribution in [0.2, 0.25) is 0 Å². The maximum atomic E-state index is 13.2. The number of aliphatic hydroxyl groups is 1. The number of halogens is 1. The number of nitrogens with zero attached hydrogens (tertiary/aromatic N) is 4. The molecule has 2 aromatic carbocycles. The van der Waals surface area contributed by atoms with Gasteiger partial charge < -0.3 is 14.9 Å². The van der Waals surface area contributed by atoms with Crippen molar-refractivity contribution in [2.24, 2.45) is 0 Å². The summed E-state index contributed by atoms with van der Waals surface area (Å²) >= 11 is 3.48. The Morgan fingerprint density at radius 3 is 2.52 bits per heavy atom. The molecule has 1 aromatic heterocycles. The molecule has 1 amide bonds. The second-order valence-electron chi connectivity index (χ2n) is 8.24. The van der Waals surface area contributed by atoms with Crippen molar-refractivity contribution in [2.45, 2.75) is 13.0 Å². The van der Waals surface area contributed by atoms with Crippen LogP contribution in [0.5, 0.6) is 0 Å². The third-order valence-corrected chi connectivity index (χ3v) is 6.25. The van der Waals surface area contributed by atoms with Crippen molar-refractivity contribution in [1.29, 1.82) is 0 Å². The number of hydrogen-bond donors (Lipinski definition) is 1. The maximum Gasteiger partial charge on any atom is 0.295 e. The van der Waals surface area contributed by atoms with Gasteiger partial charge in [-0.25, -0.2) is 4.68 Å². The third kappa shape index (κ3) is 4.36. The zero-order chi connectivity index (χ0) is 23.7. The predicted octanol–water partition coefficient (Wildman–Crippen LogP) is 3.93. The standard InChI is InChI=1S/C25H25BrN4O3/c1-16-20(15-27-30(16)19-10-5-4-6-11-19)23(31)21-22(17-8-7-9-18(26)14-17)29(13-12-28(2)3)25(33)24(21)32/h4-11,14-15,22,31H,12-13H2,1-3H3/b23-21+/t22-/m1/s1. The fourth-order valence-electron chi connectivity index (χ4n) is 4.06. The average molecular weight is 509 g/mol. The Bertz CT molecular complexity index is 1230. The smallest absolute Gasteiger partial charge is 0.295 e. The third-order valence-electron chi connectivity index (χ3n) is 5.76. The van der Waals surface area contributed by atoms with Crippen LogP contribution in [0.25, 0.3) is 11.4 Å². The summed E-state index contributed by atoms with van der Waals surface area (Å²) in [6, 6.07) is 16.3. The number of hydrogen-bond acceptors (Lipinski definition) is 5. The summed E-state index contributed by atoms with van der Waals surface area (Å²) in [6.45, 7) is 2.77. The molecule has 8 heteroatoms. The lowest BCUT2D eigenvalue weighted by molar-refractivity contribution is -0.140. The molecule has 3 aromatic rings. The molecule has 0 aliphatic carbocycles. The highest BCUT2D eigenvalue weighted by Gasteiger charge is 2.46. The van der Waals surface area contributed by atoms with Gasteiger partial charge in [0.05, 0.1) is 34.8 Å². The molecule has 0 saturated carbocycles. The molecule has 33 heavy (non-hydrogen) atoms. The highest BCUT2D eigenvalue weighted by molar-refractivity contribution is 9.10. The van der Waals surface area contributed by atoms with E-state index in [-0.39, 0.29) is 11.3 Å². The van der Waals surface area contributed by atoms with E-state index in [1.807, 2.05) is 80.5 Å². The van der Waals surface area contributed by atoms with Crippen molar-refractivity contribution in [3.05, 3.63) is 87.7 Å². The Morgan fingerprint density at radius 2 is 1.85 bits per heavy atom. The van der Waals surface area contributed by atoms with Crippen LogP contribution in [0.3, 0.4) is 0 Å². The molecule has 0 radical (unpaired) electrons. The molecule has 4 rings (SSSR count). The summed E-state index contributed by atoms with van der Waals surface area (Å²) in [5, 5.41) is 15.8. The van der Waals surface area contributed by atoms with Gasteiger partial charge in [-0.1, -0.05) is 46.3 Å². The van der Waals surface area contributed by atoms with Gasteiger partial charge in [-0.3, -0.25) is 9.59 Å². The fourth-order valence-corrected chi connectivity index (χ4v) is 4.48. The molecule has 1 fully saturated rings. The minimum atomic E-state index is -0.693. The molecule has 1 aliphatic rings. The normalized spacial score (nSPS) is 17.8. The first kappa shape index (κ1) is 22.9. The molecule has 1 atom stereocenters. The number of rotatable bonds is 6. The van der Waals surface area contributed by atoms with Crippen LogP contribution in [-0.2, 0) is 9.59 Å². The van der Waals surface area contributed by atoms with Gasteiger partial charge in [0, 0.05) is 17.6 Å². The number of likely N-dealkylation sites (tertiary alicyclic amines) is 1. The van der Waals surface area contributed by atoms with Crippen molar-refractivity contribution < 1.29 is 14.7 Å². The number of amides is 1. The van der Waals surface area contributed by atoms with E-state index in [2.05, 4.69) is 21.0 Å². The molecule has 1 saturated heterocycles. The van der Waals surface area contributed by atoms with Crippen LogP contribution in [0.1, 0.15) is 22.9 Å². The van der Waals surface area contributed by atoms with Crippen LogP contribution >= 0.6 is 15.9 Å². The van der Waals surface area contributed by atoms with Crippen molar-refractivity contribution in [1.82, 2.24) is 19.6 Å². The molecular formula is C25H25BrN4O3. The first-order valence-electron chi connectivity index (χ1n) is 10.6. The van der Waals surface area contributed by atoms with E-state index < -0.39 is 17.7 Å². The van der Waals surface area contributed by atoms with Gasteiger partial charge in [-0.15, -0.1) is 0 Å². The summed E-state index contributed by atoms with van der Waals surface area (Å²) in [5.41, 5.74) is 2.75. The molecule has 7 nitrogen and oxygen atoms in total. The quantitative estimate of drug-likeness (QED) is 0.310. The zero-order valence-corrected chi connectivity index (χ0v) is 20.3. The molecule has 0 bridgehead atoms. The van der Waals surface area contributed by atoms with Crippen LogP contribution in [-0.4, -0.2) is 63.6 Å². The van der Waals surface area contributed by atoms with Gasteiger partial charge in [0.2, 0.25) is 0 Å². The van der Waals surface area contributed by atoms with Gasteiger partial charge in [0.1, 0.15) is 5.76 Å². The van der Waals surface area contributed by atoms with E-state index in [9.17, 15) is 14.7 Å². The van der Waals surface area contributed by atoms with E-state index in [1.165, 1.54) is 11.1 Å². The zero-order valence-electron chi connectivity index (χ0n) is 18.7. The van der Waals surface area contributed by atoms with Gasteiger partial charge in [0.15, 0.2) is 0 Å². The average Bonchev–Trinajstić information content (AvgIpc) is 3.30. The second kappa shape index (κ2) is 9.33. The first-order chi connectivity index (χ1) is 15.8. The highest BCUT2D eigenvalue weighted by Crippen LogP contribution is 2.40. The summed E-state index contributed by atoms with van der Waals surface area (Å²) < 4.78 is 2.52. The molecule has 170 valence electrons. The Hall–Kier alpha value is -3.23. The number of para-hydroxylation sites is 1. The van der Waals surface area contributed by atoms with Gasteiger partial charge in [-0.2, -0.15) is 5.10 Å². The summed E-state index contributed by atoms with van der Waals surface area (Å²) in [6.07, 6.45) is 1.53. The highest BCUT2D eigenvalue weighted by atomic mass is 79.9. The van der Waals surface area contributed by atoms with Gasteiger partial charge in [-0.05, 0) is 50.8 Å². The van der Waals surface area contributed by atoms with Crippen molar-refractivity contribution in [3.63, 3.8) is 0 Å². The Labute approximate surface area is 201 Å². The lowest BCUT2D eigenvalue weighted by Gasteiger charge is -2.26. The van der Waals surface area contributed by atoms with Crippen molar-refractivity contribution >= 4 is 33.4 Å².